The third-order valence-electron chi connectivity index (χ3n) is 6.43. The lowest BCUT2D eigenvalue weighted by molar-refractivity contribution is 0.102. The van der Waals surface area contributed by atoms with Crippen molar-refractivity contribution >= 4 is 21.6 Å². The molecule has 3 aromatic rings. The largest absolute Gasteiger partial charge is 0.492 e. The molecular weight excluding hydrogens is 513 g/mol. The Morgan fingerprint density at radius 1 is 1.00 bits per heavy atom. The lowest BCUT2D eigenvalue weighted by Crippen LogP contribution is -2.48. The number of nitrogens with one attached hydrogen (secondary N) is 1. The second-order valence-corrected chi connectivity index (χ2v) is 10.8. The SMILES string of the molecule is CCOc1ccccc1NC(=O)c1cc(S(=O)(=O)N2CCN(Cc3ccc4c(c3)OCO4)CC2)ccc1F. The molecule has 0 atom stereocenters. The highest BCUT2D eigenvalue weighted by molar-refractivity contribution is 7.89. The smallest absolute Gasteiger partial charge is 0.258 e. The number of piperazine rings is 1. The molecule has 0 radical (unpaired) electrons. The number of carbonyl (C=O) groups is 1. The van der Waals surface area contributed by atoms with E-state index in [9.17, 15) is 17.6 Å². The number of fused-ring (bicyclic) bond motifs is 1. The van der Waals surface area contributed by atoms with Crippen molar-refractivity contribution in [3.8, 4) is 17.2 Å². The topological polar surface area (TPSA) is 97.4 Å². The number of rotatable bonds is 8. The Kier molecular flexibility index (Phi) is 7.50. The van der Waals surface area contributed by atoms with Gasteiger partial charge in [0.15, 0.2) is 11.5 Å². The van der Waals surface area contributed by atoms with Crippen molar-refractivity contribution in [2.45, 2.75) is 18.4 Å². The van der Waals surface area contributed by atoms with E-state index in [0.29, 0.717) is 43.4 Å². The van der Waals surface area contributed by atoms with Crippen LogP contribution in [0.4, 0.5) is 10.1 Å². The summed E-state index contributed by atoms with van der Waals surface area (Å²) in [5.41, 5.74) is 1.05. The van der Waals surface area contributed by atoms with Gasteiger partial charge >= 0.3 is 0 Å². The normalized spacial score (nSPS) is 15.8. The van der Waals surface area contributed by atoms with Gasteiger partial charge in [-0.15, -0.1) is 0 Å². The first kappa shape index (κ1) is 26.0. The van der Waals surface area contributed by atoms with E-state index in [-0.39, 0.29) is 30.3 Å². The van der Waals surface area contributed by atoms with Crippen LogP contribution in [0.3, 0.4) is 0 Å². The van der Waals surface area contributed by atoms with E-state index in [4.69, 9.17) is 14.2 Å². The highest BCUT2D eigenvalue weighted by Gasteiger charge is 2.30. The molecule has 1 N–H and O–H groups in total. The quantitative estimate of drug-likeness (QED) is 0.464. The maximum Gasteiger partial charge on any atom is 0.258 e. The zero-order valence-electron chi connectivity index (χ0n) is 20.9. The molecule has 0 saturated carbocycles. The molecule has 0 unspecified atom stereocenters. The van der Waals surface area contributed by atoms with E-state index in [2.05, 4.69) is 10.2 Å². The Hall–Kier alpha value is -3.67. The van der Waals surface area contributed by atoms with Crippen LogP contribution in [0.5, 0.6) is 17.2 Å². The summed E-state index contributed by atoms with van der Waals surface area (Å²) in [7, 11) is -3.93. The molecule has 0 spiro atoms. The molecule has 1 amide bonds. The van der Waals surface area contributed by atoms with E-state index in [1.807, 2.05) is 25.1 Å². The first-order valence-electron chi connectivity index (χ1n) is 12.3. The lowest BCUT2D eigenvalue weighted by atomic mass is 10.2. The maximum absolute atomic E-state index is 14.6. The van der Waals surface area contributed by atoms with Gasteiger partial charge in [-0.2, -0.15) is 4.31 Å². The summed E-state index contributed by atoms with van der Waals surface area (Å²) in [5, 5.41) is 2.62. The second kappa shape index (κ2) is 11.0. The fourth-order valence-electron chi connectivity index (χ4n) is 4.45. The summed E-state index contributed by atoms with van der Waals surface area (Å²) in [5.74, 6) is 0.284. The third kappa shape index (κ3) is 5.45. The summed E-state index contributed by atoms with van der Waals surface area (Å²) >= 11 is 0. The molecule has 3 aromatic carbocycles. The van der Waals surface area contributed by atoms with Crippen LogP contribution in [0.2, 0.25) is 0 Å². The summed E-state index contributed by atoms with van der Waals surface area (Å²) in [6.07, 6.45) is 0. The van der Waals surface area contributed by atoms with Crippen LogP contribution in [-0.2, 0) is 16.6 Å². The Balaban J connectivity index is 1.26. The number of hydrogen-bond donors (Lipinski definition) is 1. The van der Waals surface area contributed by atoms with Gasteiger partial charge in [0.1, 0.15) is 11.6 Å². The molecule has 0 bridgehead atoms. The molecule has 5 rings (SSSR count). The Morgan fingerprint density at radius 2 is 1.76 bits per heavy atom. The van der Waals surface area contributed by atoms with E-state index in [1.165, 1.54) is 10.4 Å². The minimum Gasteiger partial charge on any atom is -0.492 e. The van der Waals surface area contributed by atoms with Crippen LogP contribution < -0.4 is 19.5 Å². The average Bonchev–Trinajstić information content (AvgIpc) is 3.38. The minimum absolute atomic E-state index is 0.133. The van der Waals surface area contributed by atoms with Crippen molar-refractivity contribution in [2.24, 2.45) is 0 Å². The van der Waals surface area contributed by atoms with Gasteiger partial charge in [0.2, 0.25) is 16.8 Å². The third-order valence-corrected chi connectivity index (χ3v) is 8.32. The monoisotopic (exact) mass is 541 g/mol. The van der Waals surface area contributed by atoms with E-state index >= 15 is 0 Å². The Morgan fingerprint density at radius 3 is 2.55 bits per heavy atom. The molecule has 38 heavy (non-hydrogen) atoms. The lowest BCUT2D eigenvalue weighted by Gasteiger charge is -2.34. The molecular formula is C27H28FN3O6S. The number of hydrogen-bond acceptors (Lipinski definition) is 7. The summed E-state index contributed by atoms with van der Waals surface area (Å²) in [6, 6.07) is 15.8. The number of sulfonamides is 1. The zero-order chi connectivity index (χ0) is 26.7. The van der Waals surface area contributed by atoms with Crippen LogP contribution in [0, 0.1) is 5.82 Å². The molecule has 2 aliphatic heterocycles. The predicted molar refractivity (Wildman–Crippen MR) is 139 cm³/mol. The highest BCUT2D eigenvalue weighted by Crippen LogP contribution is 2.33. The number of benzene rings is 3. The van der Waals surface area contributed by atoms with Gasteiger partial charge in [0.05, 0.1) is 22.8 Å². The number of nitrogens with zero attached hydrogens (tertiary/aromatic N) is 2. The van der Waals surface area contributed by atoms with Crippen molar-refractivity contribution in [2.75, 3.05) is 44.9 Å². The molecule has 2 heterocycles. The molecule has 0 aliphatic carbocycles. The molecule has 11 heteroatoms. The highest BCUT2D eigenvalue weighted by atomic mass is 32.2. The van der Waals surface area contributed by atoms with Crippen molar-refractivity contribution in [1.29, 1.82) is 0 Å². The van der Waals surface area contributed by atoms with Crippen molar-refractivity contribution in [3.05, 3.63) is 77.6 Å². The average molecular weight is 542 g/mol. The van der Waals surface area contributed by atoms with Gasteiger partial charge in [-0.05, 0) is 55.0 Å². The molecule has 0 aromatic heterocycles. The molecule has 1 saturated heterocycles. The number of amides is 1. The van der Waals surface area contributed by atoms with Gasteiger partial charge in [0, 0.05) is 32.7 Å². The first-order chi connectivity index (χ1) is 18.3. The Labute approximate surface area is 220 Å². The number of halogens is 1. The van der Waals surface area contributed by atoms with Crippen molar-refractivity contribution < 1.29 is 31.8 Å². The van der Waals surface area contributed by atoms with Gasteiger partial charge in [-0.25, -0.2) is 12.8 Å². The van der Waals surface area contributed by atoms with Gasteiger partial charge in [0.25, 0.3) is 5.91 Å². The second-order valence-electron chi connectivity index (χ2n) is 8.89. The Bertz CT molecular complexity index is 1440. The van der Waals surface area contributed by atoms with E-state index in [1.54, 1.807) is 24.3 Å². The van der Waals surface area contributed by atoms with Gasteiger partial charge in [-0.1, -0.05) is 18.2 Å². The number of ether oxygens (including phenoxy) is 3. The molecule has 9 nitrogen and oxygen atoms in total. The minimum atomic E-state index is -3.93. The summed E-state index contributed by atoms with van der Waals surface area (Å²) in [6.45, 7) is 4.65. The van der Waals surface area contributed by atoms with Gasteiger partial charge in [-0.3, -0.25) is 9.69 Å². The van der Waals surface area contributed by atoms with Crippen LogP contribution in [-0.4, -0.2) is 63.1 Å². The van der Waals surface area contributed by atoms with Crippen LogP contribution >= 0.6 is 0 Å². The molecule has 1 fully saturated rings. The van der Waals surface area contributed by atoms with E-state index in [0.717, 1.165) is 23.4 Å². The van der Waals surface area contributed by atoms with Crippen LogP contribution in [0.1, 0.15) is 22.8 Å². The fourth-order valence-corrected chi connectivity index (χ4v) is 5.90. The van der Waals surface area contributed by atoms with Gasteiger partial charge < -0.3 is 19.5 Å². The molecule has 200 valence electrons. The maximum atomic E-state index is 14.6. The summed E-state index contributed by atoms with van der Waals surface area (Å²) < 4.78 is 59.0. The number of anilines is 1. The molecule has 2 aliphatic rings. The standard InChI is InChI=1S/C27H28FN3O6S/c1-2-35-24-6-4-3-5-23(24)29-27(32)21-16-20(8-9-22(21)28)38(33,34)31-13-11-30(12-14-31)17-19-7-10-25-26(15-19)37-18-36-25/h3-10,15-16H,2,11-14,17-18H2,1H3,(H,29,32). The number of carbonyl (C=O) groups excluding carboxylic acids is 1. The van der Waals surface area contributed by atoms with Crippen molar-refractivity contribution in [3.63, 3.8) is 0 Å². The first-order valence-corrected chi connectivity index (χ1v) is 13.7. The zero-order valence-corrected chi connectivity index (χ0v) is 21.7. The van der Waals surface area contributed by atoms with Crippen LogP contribution in [0.25, 0.3) is 0 Å². The van der Waals surface area contributed by atoms with E-state index < -0.39 is 21.7 Å². The number of para-hydroxylation sites is 2. The van der Waals surface area contributed by atoms with Crippen LogP contribution in [0.15, 0.2) is 65.6 Å². The van der Waals surface area contributed by atoms with Crippen molar-refractivity contribution in [1.82, 2.24) is 9.21 Å². The summed E-state index contributed by atoms with van der Waals surface area (Å²) in [4.78, 5) is 14.9. The fraction of sp³-hybridized carbons (Fsp3) is 0.296. The predicted octanol–water partition coefficient (Wildman–Crippen LogP) is 3.71.